The minimum absolute atomic E-state index is 0.112. The predicted molar refractivity (Wildman–Crippen MR) is 118 cm³/mol. The molecular weight excluding hydrogens is 398 g/mol. The van der Waals surface area contributed by atoms with Crippen LogP contribution in [-0.4, -0.2) is 27.9 Å². The first-order valence-corrected chi connectivity index (χ1v) is 10.3. The summed E-state index contributed by atoms with van der Waals surface area (Å²) in [5, 5.41) is 3.28. The number of fused-ring (bicyclic) bond motifs is 1. The molecule has 0 aliphatic carbocycles. The zero-order valence-corrected chi connectivity index (χ0v) is 16.8. The third-order valence-electron chi connectivity index (χ3n) is 4.36. The zero-order valence-electron chi connectivity index (χ0n) is 16.0. The Labute approximate surface area is 177 Å². The molecule has 0 aliphatic heterocycles. The second-order valence-electron chi connectivity index (χ2n) is 6.60. The zero-order chi connectivity index (χ0) is 20.8. The Hall–Kier alpha value is -3.58. The number of thioether (sulfide) groups is 1. The number of hydrogen-bond donors (Lipinski definition) is 2. The average Bonchev–Trinajstić information content (AvgIpc) is 3.17. The molecule has 4 rings (SSSR count). The molecule has 0 saturated heterocycles. The first-order valence-electron chi connectivity index (χ1n) is 9.36. The van der Waals surface area contributed by atoms with Crippen molar-refractivity contribution in [3.05, 3.63) is 78.4 Å². The van der Waals surface area contributed by atoms with Gasteiger partial charge in [-0.05, 0) is 48.0 Å². The van der Waals surface area contributed by atoms with Crippen molar-refractivity contribution in [3.63, 3.8) is 0 Å². The number of Topliss-reactive ketones (excluding diaryl/α,β-unsaturated/α-hetero) is 1. The highest BCUT2D eigenvalue weighted by Crippen LogP contribution is 2.23. The number of amides is 1. The summed E-state index contributed by atoms with van der Waals surface area (Å²) in [5.41, 5.74) is 3.23. The van der Waals surface area contributed by atoms with Crippen molar-refractivity contribution < 1.29 is 14.3 Å². The maximum atomic E-state index is 12.4. The maximum Gasteiger partial charge on any atom is 0.211 e. The quantitative estimate of drug-likeness (QED) is 0.301. The fraction of sp³-hybridized carbons (Fsp3) is 0.0870. The SMILES string of the molecule is O=CNc1ccc2nc(SCC(=O)Cc3ccc(Oc4ccccc4)cc3)[nH]c2c1. The van der Waals surface area contributed by atoms with E-state index >= 15 is 0 Å². The first kappa shape index (κ1) is 19.7. The highest BCUT2D eigenvalue weighted by Gasteiger charge is 2.09. The van der Waals surface area contributed by atoms with Crippen LogP contribution in [0.3, 0.4) is 0 Å². The van der Waals surface area contributed by atoms with Gasteiger partial charge in [0.2, 0.25) is 6.41 Å². The van der Waals surface area contributed by atoms with E-state index in [-0.39, 0.29) is 5.78 Å². The van der Waals surface area contributed by atoms with Gasteiger partial charge >= 0.3 is 0 Å². The number of nitrogens with one attached hydrogen (secondary N) is 2. The second-order valence-corrected chi connectivity index (χ2v) is 7.56. The van der Waals surface area contributed by atoms with Gasteiger partial charge in [-0.15, -0.1) is 0 Å². The number of nitrogens with zero attached hydrogens (tertiary/aromatic N) is 1. The van der Waals surface area contributed by atoms with Crippen molar-refractivity contribution in [2.75, 3.05) is 11.1 Å². The molecule has 1 aromatic heterocycles. The lowest BCUT2D eigenvalue weighted by molar-refractivity contribution is -0.116. The molecule has 0 fully saturated rings. The number of ketones is 1. The average molecular weight is 417 g/mol. The lowest BCUT2D eigenvalue weighted by Crippen LogP contribution is -2.05. The molecule has 7 heteroatoms. The summed E-state index contributed by atoms with van der Waals surface area (Å²) < 4.78 is 5.77. The Balaban J connectivity index is 1.31. The maximum absolute atomic E-state index is 12.4. The molecule has 0 saturated carbocycles. The first-order chi connectivity index (χ1) is 14.7. The Morgan fingerprint density at radius 3 is 2.57 bits per heavy atom. The number of imidazole rings is 1. The van der Waals surface area contributed by atoms with E-state index in [4.69, 9.17) is 4.74 Å². The highest BCUT2D eigenvalue weighted by molar-refractivity contribution is 7.99. The number of para-hydroxylation sites is 1. The van der Waals surface area contributed by atoms with Gasteiger partial charge in [-0.2, -0.15) is 0 Å². The Kier molecular flexibility index (Phi) is 6.10. The van der Waals surface area contributed by atoms with E-state index < -0.39 is 0 Å². The summed E-state index contributed by atoms with van der Waals surface area (Å²) in [7, 11) is 0. The van der Waals surface area contributed by atoms with Crippen LogP contribution in [-0.2, 0) is 16.0 Å². The molecule has 0 spiro atoms. The summed E-state index contributed by atoms with van der Waals surface area (Å²) in [5.74, 6) is 1.94. The number of H-pyrrole nitrogens is 1. The van der Waals surface area contributed by atoms with E-state index in [1.165, 1.54) is 11.8 Å². The summed E-state index contributed by atoms with van der Waals surface area (Å²) in [4.78, 5) is 30.6. The van der Waals surface area contributed by atoms with Crippen LogP contribution in [0, 0.1) is 0 Å². The van der Waals surface area contributed by atoms with Gasteiger partial charge in [0.25, 0.3) is 0 Å². The van der Waals surface area contributed by atoms with Crippen molar-refractivity contribution >= 4 is 40.7 Å². The van der Waals surface area contributed by atoms with Crippen molar-refractivity contribution in [3.8, 4) is 11.5 Å². The van der Waals surface area contributed by atoms with Gasteiger partial charge in [0.15, 0.2) is 5.16 Å². The summed E-state index contributed by atoms with van der Waals surface area (Å²) >= 11 is 1.37. The molecule has 0 aliphatic rings. The minimum Gasteiger partial charge on any atom is -0.457 e. The molecule has 3 aromatic carbocycles. The van der Waals surface area contributed by atoms with Gasteiger partial charge in [0, 0.05) is 12.1 Å². The van der Waals surface area contributed by atoms with Crippen molar-refractivity contribution in [1.82, 2.24) is 9.97 Å². The normalized spacial score (nSPS) is 10.7. The van der Waals surface area contributed by atoms with Crippen LogP contribution in [0.25, 0.3) is 11.0 Å². The van der Waals surface area contributed by atoms with E-state index in [2.05, 4.69) is 15.3 Å². The Bertz CT molecular complexity index is 1160. The number of hydrogen-bond acceptors (Lipinski definition) is 5. The van der Waals surface area contributed by atoms with Crippen molar-refractivity contribution in [2.45, 2.75) is 11.6 Å². The second kappa shape index (κ2) is 9.28. The van der Waals surface area contributed by atoms with E-state index in [1.807, 2.05) is 66.7 Å². The van der Waals surface area contributed by atoms with E-state index in [0.717, 1.165) is 28.1 Å². The molecule has 1 heterocycles. The number of carbonyl (C=O) groups is 2. The molecular formula is C23H19N3O3S. The molecule has 0 atom stereocenters. The summed E-state index contributed by atoms with van der Waals surface area (Å²) in [6.45, 7) is 0. The van der Waals surface area contributed by atoms with Crippen LogP contribution in [0.15, 0.2) is 78.0 Å². The topological polar surface area (TPSA) is 84.1 Å². The molecule has 1 amide bonds. The van der Waals surface area contributed by atoms with E-state index in [0.29, 0.717) is 29.4 Å². The molecule has 4 aromatic rings. The molecule has 0 radical (unpaired) electrons. The molecule has 150 valence electrons. The Morgan fingerprint density at radius 2 is 1.80 bits per heavy atom. The van der Waals surface area contributed by atoms with Gasteiger partial charge < -0.3 is 15.0 Å². The van der Waals surface area contributed by atoms with Crippen molar-refractivity contribution in [2.24, 2.45) is 0 Å². The monoisotopic (exact) mass is 417 g/mol. The Morgan fingerprint density at radius 1 is 1.03 bits per heavy atom. The van der Waals surface area contributed by atoms with Gasteiger partial charge in [-0.25, -0.2) is 4.98 Å². The fourth-order valence-corrected chi connectivity index (χ4v) is 3.68. The van der Waals surface area contributed by atoms with Crippen LogP contribution < -0.4 is 10.1 Å². The van der Waals surface area contributed by atoms with Gasteiger partial charge in [0.05, 0.1) is 16.8 Å². The van der Waals surface area contributed by atoms with Gasteiger partial charge in [-0.1, -0.05) is 42.1 Å². The number of anilines is 1. The summed E-state index contributed by atoms with van der Waals surface area (Å²) in [6.07, 6.45) is 0.985. The van der Waals surface area contributed by atoms with Crippen LogP contribution >= 0.6 is 11.8 Å². The van der Waals surface area contributed by atoms with Crippen LogP contribution in [0.5, 0.6) is 11.5 Å². The predicted octanol–water partition coefficient (Wildman–Crippen LogP) is 4.83. The molecule has 2 N–H and O–H groups in total. The standard InChI is InChI=1S/C23H19N3O3S/c27-15-24-17-8-11-21-22(13-17)26-23(25-21)30-14-18(28)12-16-6-9-20(10-7-16)29-19-4-2-1-3-5-19/h1-11,13,15H,12,14H2,(H,24,27)(H,25,26). The molecule has 0 unspecified atom stereocenters. The number of aromatic amines is 1. The smallest absolute Gasteiger partial charge is 0.211 e. The number of aromatic nitrogens is 2. The van der Waals surface area contributed by atoms with Crippen LogP contribution in [0.4, 0.5) is 5.69 Å². The molecule has 6 nitrogen and oxygen atoms in total. The van der Waals surface area contributed by atoms with Gasteiger partial charge in [0.1, 0.15) is 17.3 Å². The fourth-order valence-electron chi connectivity index (χ4n) is 2.94. The minimum atomic E-state index is 0.112. The number of benzene rings is 3. The van der Waals surface area contributed by atoms with Gasteiger partial charge in [-0.3, -0.25) is 9.59 Å². The van der Waals surface area contributed by atoms with Crippen LogP contribution in [0.1, 0.15) is 5.56 Å². The van der Waals surface area contributed by atoms with E-state index in [1.54, 1.807) is 6.07 Å². The number of rotatable bonds is 9. The molecule has 30 heavy (non-hydrogen) atoms. The highest BCUT2D eigenvalue weighted by atomic mass is 32.2. The van der Waals surface area contributed by atoms with Crippen LogP contribution in [0.2, 0.25) is 0 Å². The third-order valence-corrected chi connectivity index (χ3v) is 5.29. The molecule has 0 bridgehead atoms. The number of ether oxygens (including phenoxy) is 1. The van der Waals surface area contributed by atoms with E-state index in [9.17, 15) is 9.59 Å². The third kappa shape index (κ3) is 5.07. The van der Waals surface area contributed by atoms with Crippen molar-refractivity contribution in [1.29, 1.82) is 0 Å². The lowest BCUT2D eigenvalue weighted by Gasteiger charge is -2.06. The number of carbonyl (C=O) groups excluding carboxylic acids is 2. The largest absolute Gasteiger partial charge is 0.457 e. The lowest BCUT2D eigenvalue weighted by atomic mass is 10.1. The summed E-state index contributed by atoms with van der Waals surface area (Å²) in [6, 6.07) is 22.5.